The zero-order valence-electron chi connectivity index (χ0n) is 12.3. The van der Waals surface area contributed by atoms with Gasteiger partial charge in [0.25, 0.3) is 0 Å². The van der Waals surface area contributed by atoms with E-state index in [0.717, 1.165) is 13.1 Å². The monoisotopic (exact) mass is 255 g/mol. The Bertz CT molecular complexity index is 257. The van der Waals surface area contributed by atoms with Crippen molar-refractivity contribution in [1.82, 2.24) is 15.5 Å². The second kappa shape index (κ2) is 7.74. The molecule has 4 nitrogen and oxygen atoms in total. The highest BCUT2D eigenvalue weighted by Gasteiger charge is 2.25. The Balaban J connectivity index is 2.39. The number of carbonyl (C=O) groups is 1. The average molecular weight is 255 g/mol. The minimum absolute atomic E-state index is 0.100. The Morgan fingerprint density at radius 3 is 2.72 bits per heavy atom. The van der Waals surface area contributed by atoms with Gasteiger partial charge in [0.1, 0.15) is 0 Å². The fourth-order valence-electron chi connectivity index (χ4n) is 2.72. The highest BCUT2D eigenvalue weighted by molar-refractivity contribution is 5.81. The molecule has 1 fully saturated rings. The first kappa shape index (κ1) is 15.4. The van der Waals surface area contributed by atoms with Crippen LogP contribution in [0.1, 0.15) is 40.5 Å². The molecule has 1 aliphatic heterocycles. The number of hydrogen-bond donors (Lipinski definition) is 2. The van der Waals surface area contributed by atoms with E-state index in [1.165, 1.54) is 19.4 Å². The highest BCUT2D eigenvalue weighted by Crippen LogP contribution is 2.19. The van der Waals surface area contributed by atoms with Crippen molar-refractivity contribution in [3.63, 3.8) is 0 Å². The molecule has 0 aromatic carbocycles. The molecule has 3 atom stereocenters. The summed E-state index contributed by atoms with van der Waals surface area (Å²) in [7, 11) is 0. The minimum atomic E-state index is -0.100. The van der Waals surface area contributed by atoms with Gasteiger partial charge in [-0.25, -0.2) is 0 Å². The third-order valence-corrected chi connectivity index (χ3v) is 3.95. The summed E-state index contributed by atoms with van der Waals surface area (Å²) in [4.78, 5) is 14.2. The van der Waals surface area contributed by atoms with Gasteiger partial charge in [-0.05, 0) is 52.6 Å². The number of nitrogens with zero attached hydrogens (tertiary/aromatic N) is 1. The Morgan fingerprint density at radius 1 is 1.39 bits per heavy atom. The number of nitrogens with one attached hydrogen (secondary N) is 2. The summed E-state index contributed by atoms with van der Waals surface area (Å²) >= 11 is 0. The van der Waals surface area contributed by atoms with Crippen LogP contribution >= 0.6 is 0 Å². The molecule has 3 unspecified atom stereocenters. The van der Waals surface area contributed by atoms with E-state index in [1.54, 1.807) is 0 Å². The van der Waals surface area contributed by atoms with Gasteiger partial charge >= 0.3 is 0 Å². The SMILES string of the molecule is CCNC(=O)C(C)NC(C)C1CCCN(CC)C1. The Kier molecular flexibility index (Phi) is 6.65. The predicted molar refractivity (Wildman–Crippen MR) is 75.6 cm³/mol. The number of likely N-dealkylation sites (N-methyl/N-ethyl adjacent to an activating group) is 1. The summed E-state index contributed by atoms with van der Waals surface area (Å²) in [5, 5.41) is 6.30. The highest BCUT2D eigenvalue weighted by atomic mass is 16.2. The van der Waals surface area contributed by atoms with Gasteiger partial charge in [-0.3, -0.25) is 4.79 Å². The zero-order valence-corrected chi connectivity index (χ0v) is 12.3. The summed E-state index contributed by atoms with van der Waals surface area (Å²) in [5.74, 6) is 0.767. The van der Waals surface area contributed by atoms with Crippen molar-refractivity contribution in [2.45, 2.75) is 52.6 Å². The lowest BCUT2D eigenvalue weighted by Gasteiger charge is -2.36. The van der Waals surface area contributed by atoms with Crippen LogP contribution < -0.4 is 10.6 Å². The van der Waals surface area contributed by atoms with Crippen molar-refractivity contribution >= 4 is 5.91 Å². The van der Waals surface area contributed by atoms with Gasteiger partial charge in [-0.15, -0.1) is 0 Å². The summed E-state index contributed by atoms with van der Waals surface area (Å²) < 4.78 is 0. The quantitative estimate of drug-likeness (QED) is 0.750. The second-order valence-electron chi connectivity index (χ2n) is 5.37. The van der Waals surface area contributed by atoms with Crippen LogP contribution in [0.4, 0.5) is 0 Å². The van der Waals surface area contributed by atoms with Gasteiger partial charge in [0, 0.05) is 19.1 Å². The maximum absolute atomic E-state index is 11.7. The van der Waals surface area contributed by atoms with E-state index in [0.29, 0.717) is 18.5 Å². The van der Waals surface area contributed by atoms with Crippen LogP contribution in [-0.2, 0) is 4.79 Å². The molecule has 1 amide bonds. The van der Waals surface area contributed by atoms with E-state index in [2.05, 4.69) is 29.4 Å². The summed E-state index contributed by atoms with van der Waals surface area (Å²) in [6, 6.07) is 0.300. The largest absolute Gasteiger partial charge is 0.355 e. The molecule has 0 saturated carbocycles. The van der Waals surface area contributed by atoms with Gasteiger partial charge in [-0.2, -0.15) is 0 Å². The van der Waals surface area contributed by atoms with Crippen LogP contribution in [0.3, 0.4) is 0 Å². The van der Waals surface area contributed by atoms with Crippen molar-refractivity contribution < 1.29 is 4.79 Å². The molecule has 106 valence electrons. The Labute approximate surface area is 111 Å². The van der Waals surface area contributed by atoms with Crippen LogP contribution in [0.5, 0.6) is 0 Å². The third-order valence-electron chi connectivity index (χ3n) is 3.95. The van der Waals surface area contributed by atoms with Gasteiger partial charge < -0.3 is 15.5 Å². The second-order valence-corrected chi connectivity index (χ2v) is 5.37. The fraction of sp³-hybridized carbons (Fsp3) is 0.929. The van der Waals surface area contributed by atoms with Gasteiger partial charge in [0.05, 0.1) is 6.04 Å². The van der Waals surface area contributed by atoms with Crippen molar-refractivity contribution in [3.05, 3.63) is 0 Å². The number of piperidine rings is 1. The fourth-order valence-corrected chi connectivity index (χ4v) is 2.72. The molecule has 0 aliphatic carbocycles. The van der Waals surface area contributed by atoms with Crippen LogP contribution in [0.2, 0.25) is 0 Å². The molecular formula is C14H29N3O. The average Bonchev–Trinajstić information content (AvgIpc) is 2.39. The van der Waals surface area contributed by atoms with E-state index in [9.17, 15) is 4.79 Å². The third kappa shape index (κ3) is 4.58. The molecule has 0 bridgehead atoms. The van der Waals surface area contributed by atoms with Gasteiger partial charge in [0.15, 0.2) is 0 Å². The van der Waals surface area contributed by atoms with E-state index in [-0.39, 0.29) is 11.9 Å². The molecule has 0 spiro atoms. The molecule has 1 aliphatic rings. The van der Waals surface area contributed by atoms with E-state index in [4.69, 9.17) is 0 Å². The van der Waals surface area contributed by atoms with Crippen LogP contribution in [0, 0.1) is 5.92 Å². The Hall–Kier alpha value is -0.610. The van der Waals surface area contributed by atoms with Crippen LogP contribution in [0.25, 0.3) is 0 Å². The van der Waals surface area contributed by atoms with Gasteiger partial charge in [-0.1, -0.05) is 6.92 Å². The standard InChI is InChI=1S/C14H29N3O/c1-5-15-14(18)12(4)16-11(3)13-8-7-9-17(6-2)10-13/h11-13,16H,5-10H2,1-4H3,(H,15,18). The first-order chi connectivity index (χ1) is 8.58. The molecule has 1 saturated heterocycles. The lowest BCUT2D eigenvalue weighted by atomic mass is 9.91. The lowest BCUT2D eigenvalue weighted by Crippen LogP contribution is -2.51. The smallest absolute Gasteiger partial charge is 0.236 e. The molecule has 0 aromatic heterocycles. The number of carbonyl (C=O) groups excluding carboxylic acids is 1. The number of likely N-dealkylation sites (tertiary alicyclic amines) is 1. The topological polar surface area (TPSA) is 44.4 Å². The molecule has 0 radical (unpaired) electrons. The van der Waals surface area contributed by atoms with Crippen LogP contribution in [-0.4, -0.2) is 49.1 Å². The van der Waals surface area contributed by atoms with Crippen molar-refractivity contribution in [2.24, 2.45) is 5.92 Å². The van der Waals surface area contributed by atoms with Gasteiger partial charge in [0.2, 0.25) is 5.91 Å². The van der Waals surface area contributed by atoms with E-state index in [1.807, 2.05) is 13.8 Å². The van der Waals surface area contributed by atoms with E-state index >= 15 is 0 Å². The number of hydrogen-bond acceptors (Lipinski definition) is 3. The maximum Gasteiger partial charge on any atom is 0.236 e. The first-order valence-electron chi connectivity index (χ1n) is 7.34. The van der Waals surface area contributed by atoms with Crippen LogP contribution in [0.15, 0.2) is 0 Å². The number of rotatable bonds is 6. The normalized spacial score (nSPS) is 24.6. The summed E-state index contributed by atoms with van der Waals surface area (Å²) in [5.41, 5.74) is 0. The first-order valence-corrected chi connectivity index (χ1v) is 7.34. The zero-order chi connectivity index (χ0) is 13.5. The number of amides is 1. The summed E-state index contributed by atoms with van der Waals surface area (Å²) in [6.07, 6.45) is 2.55. The summed E-state index contributed by atoms with van der Waals surface area (Å²) in [6.45, 7) is 12.5. The van der Waals surface area contributed by atoms with E-state index < -0.39 is 0 Å². The van der Waals surface area contributed by atoms with Crippen molar-refractivity contribution in [2.75, 3.05) is 26.2 Å². The molecule has 2 N–H and O–H groups in total. The molecular weight excluding hydrogens is 226 g/mol. The minimum Gasteiger partial charge on any atom is -0.355 e. The molecule has 1 rings (SSSR count). The molecule has 18 heavy (non-hydrogen) atoms. The van der Waals surface area contributed by atoms with Crippen molar-refractivity contribution in [3.8, 4) is 0 Å². The predicted octanol–water partition coefficient (Wildman–Crippen LogP) is 1.22. The molecule has 1 heterocycles. The lowest BCUT2D eigenvalue weighted by molar-refractivity contribution is -0.122. The molecule has 4 heteroatoms. The van der Waals surface area contributed by atoms with Crippen molar-refractivity contribution in [1.29, 1.82) is 0 Å². The maximum atomic E-state index is 11.7. The Morgan fingerprint density at radius 2 is 2.11 bits per heavy atom. The molecule has 0 aromatic rings.